The van der Waals surface area contributed by atoms with Crippen LogP contribution in [0.1, 0.15) is 49.4 Å². The lowest BCUT2D eigenvalue weighted by molar-refractivity contribution is 0.531. The average Bonchev–Trinajstić information content (AvgIpc) is 2.89. The number of hydrogen-bond donors (Lipinski definition) is 0. The molecule has 0 atom stereocenters. The molecule has 0 unspecified atom stereocenters. The van der Waals surface area contributed by atoms with Gasteiger partial charge in [0, 0.05) is 12.1 Å². The third kappa shape index (κ3) is 3.49. The Morgan fingerprint density at radius 2 is 1.95 bits per heavy atom. The van der Waals surface area contributed by atoms with Gasteiger partial charge in [-0.15, -0.1) is 5.10 Å². The van der Waals surface area contributed by atoms with Gasteiger partial charge in [0.05, 0.1) is 0 Å². The number of rotatable bonds is 6. The van der Waals surface area contributed by atoms with Gasteiger partial charge in [-0.25, -0.2) is 4.68 Å². The molecule has 0 radical (unpaired) electrons. The van der Waals surface area contributed by atoms with Crippen molar-refractivity contribution < 1.29 is 0 Å². The Morgan fingerprint density at radius 3 is 2.62 bits per heavy atom. The van der Waals surface area contributed by atoms with Gasteiger partial charge in [0.25, 0.3) is 0 Å². The molecule has 2 rings (SSSR count). The van der Waals surface area contributed by atoms with Crippen LogP contribution in [-0.4, -0.2) is 15.0 Å². The molecular formula is C17H22N4. The predicted molar refractivity (Wildman–Crippen MR) is 83.8 cm³/mol. The molecule has 4 heteroatoms. The summed E-state index contributed by atoms with van der Waals surface area (Å²) in [6.45, 7) is 7.19. The van der Waals surface area contributed by atoms with Crippen LogP contribution in [0.2, 0.25) is 0 Å². The van der Waals surface area contributed by atoms with Gasteiger partial charge in [-0.3, -0.25) is 0 Å². The number of aryl methyl sites for hydroxylation is 3. The van der Waals surface area contributed by atoms with Gasteiger partial charge in [0.15, 0.2) is 5.69 Å². The van der Waals surface area contributed by atoms with E-state index >= 15 is 0 Å². The minimum absolute atomic E-state index is 0.411. The Labute approximate surface area is 126 Å². The Hall–Kier alpha value is -2.15. The number of aromatic nitrogens is 3. The Bertz CT molecular complexity index is 649. The van der Waals surface area contributed by atoms with E-state index in [0.717, 1.165) is 24.2 Å². The first-order chi connectivity index (χ1) is 10.2. The van der Waals surface area contributed by atoms with E-state index in [-0.39, 0.29) is 0 Å². The lowest BCUT2D eigenvalue weighted by Crippen LogP contribution is -2.03. The molecule has 0 aliphatic heterocycles. The van der Waals surface area contributed by atoms with Crippen molar-refractivity contribution in [3.8, 4) is 17.3 Å². The second kappa shape index (κ2) is 7.03. The summed E-state index contributed by atoms with van der Waals surface area (Å²) in [5, 5.41) is 17.4. The van der Waals surface area contributed by atoms with E-state index in [1.807, 2.05) is 10.7 Å². The number of benzene rings is 1. The monoisotopic (exact) mass is 282 g/mol. The minimum Gasteiger partial charge on any atom is -0.243 e. The van der Waals surface area contributed by atoms with E-state index in [9.17, 15) is 5.26 Å². The van der Waals surface area contributed by atoms with Crippen molar-refractivity contribution in [1.29, 1.82) is 5.26 Å². The molecule has 0 bridgehead atoms. The van der Waals surface area contributed by atoms with Crippen LogP contribution < -0.4 is 0 Å². The zero-order valence-electron chi connectivity index (χ0n) is 13.1. The van der Waals surface area contributed by atoms with Crippen LogP contribution >= 0.6 is 0 Å². The Kier molecular flexibility index (Phi) is 5.10. The molecule has 0 saturated heterocycles. The first kappa shape index (κ1) is 15.2. The highest BCUT2D eigenvalue weighted by Crippen LogP contribution is 2.24. The molecule has 0 fully saturated rings. The molecule has 0 N–H and O–H groups in total. The molecule has 0 spiro atoms. The fourth-order valence-corrected chi connectivity index (χ4v) is 2.41. The van der Waals surface area contributed by atoms with Crippen molar-refractivity contribution in [1.82, 2.24) is 15.0 Å². The van der Waals surface area contributed by atoms with Gasteiger partial charge in [-0.2, -0.15) is 5.26 Å². The van der Waals surface area contributed by atoms with Crippen molar-refractivity contribution in [3.63, 3.8) is 0 Å². The van der Waals surface area contributed by atoms with Crippen molar-refractivity contribution in [2.75, 3.05) is 0 Å². The molecule has 21 heavy (non-hydrogen) atoms. The molecule has 4 nitrogen and oxygen atoms in total. The second-order valence-electron chi connectivity index (χ2n) is 5.48. The average molecular weight is 282 g/mol. The largest absolute Gasteiger partial charge is 0.243 e. The van der Waals surface area contributed by atoms with E-state index in [0.29, 0.717) is 5.69 Å². The maximum absolute atomic E-state index is 9.26. The molecule has 0 aliphatic carbocycles. The first-order valence-electron chi connectivity index (χ1n) is 7.58. The van der Waals surface area contributed by atoms with Gasteiger partial charge < -0.3 is 0 Å². The predicted octanol–water partition coefficient (Wildman–Crippen LogP) is 4.01. The fraction of sp³-hybridized carbons (Fsp3) is 0.471. The van der Waals surface area contributed by atoms with Gasteiger partial charge in [-0.1, -0.05) is 43.5 Å². The molecule has 2 aromatic rings. The maximum atomic E-state index is 9.26. The van der Waals surface area contributed by atoms with Crippen LogP contribution in [0.4, 0.5) is 0 Å². The highest BCUT2D eigenvalue weighted by atomic mass is 15.4. The van der Waals surface area contributed by atoms with E-state index in [1.165, 1.54) is 30.4 Å². The van der Waals surface area contributed by atoms with Gasteiger partial charge in [-0.05, 0) is 37.5 Å². The third-order valence-electron chi connectivity index (χ3n) is 3.84. The van der Waals surface area contributed by atoms with E-state index in [4.69, 9.17) is 0 Å². The summed E-state index contributed by atoms with van der Waals surface area (Å²) in [4.78, 5) is 0. The summed E-state index contributed by atoms with van der Waals surface area (Å²) in [6.07, 6.45) is 4.70. The smallest absolute Gasteiger partial charge is 0.190 e. The van der Waals surface area contributed by atoms with Crippen LogP contribution in [0.5, 0.6) is 0 Å². The second-order valence-corrected chi connectivity index (χ2v) is 5.48. The van der Waals surface area contributed by atoms with Gasteiger partial charge in [0.2, 0.25) is 0 Å². The highest BCUT2D eigenvalue weighted by Gasteiger charge is 2.15. The van der Waals surface area contributed by atoms with Gasteiger partial charge >= 0.3 is 0 Å². The summed E-state index contributed by atoms with van der Waals surface area (Å²) >= 11 is 0. The number of nitrogens with zero attached hydrogens (tertiary/aromatic N) is 4. The zero-order chi connectivity index (χ0) is 15.2. The fourth-order valence-electron chi connectivity index (χ4n) is 2.41. The first-order valence-corrected chi connectivity index (χ1v) is 7.58. The lowest BCUT2D eigenvalue weighted by atomic mass is 10.0. The third-order valence-corrected chi connectivity index (χ3v) is 3.84. The Morgan fingerprint density at radius 1 is 1.14 bits per heavy atom. The summed E-state index contributed by atoms with van der Waals surface area (Å²) in [5.74, 6) is 0. The summed E-state index contributed by atoms with van der Waals surface area (Å²) in [7, 11) is 0. The van der Waals surface area contributed by atoms with Crippen molar-refractivity contribution in [2.24, 2.45) is 0 Å². The van der Waals surface area contributed by atoms with Crippen LogP contribution in [0, 0.1) is 25.2 Å². The number of unbranched alkanes of at least 4 members (excludes halogenated alkanes) is 3. The molecule has 1 aromatic heterocycles. The SMILES string of the molecule is CCCCCCn1nnc(C#N)c1-c1ccc(C)c(C)c1. The molecule has 0 amide bonds. The zero-order valence-corrected chi connectivity index (χ0v) is 13.1. The van der Waals surface area contributed by atoms with Crippen molar-refractivity contribution >= 4 is 0 Å². The quantitative estimate of drug-likeness (QED) is 0.752. The highest BCUT2D eigenvalue weighted by molar-refractivity contribution is 5.66. The topological polar surface area (TPSA) is 54.5 Å². The Balaban J connectivity index is 2.30. The number of nitriles is 1. The van der Waals surface area contributed by atoms with Gasteiger partial charge in [0.1, 0.15) is 11.8 Å². The summed E-state index contributed by atoms with van der Waals surface area (Å²) < 4.78 is 1.87. The molecule has 1 aromatic carbocycles. The van der Waals surface area contributed by atoms with Crippen molar-refractivity contribution in [2.45, 2.75) is 53.0 Å². The summed E-state index contributed by atoms with van der Waals surface area (Å²) in [6, 6.07) is 8.39. The van der Waals surface area contributed by atoms with Crippen LogP contribution in [0.25, 0.3) is 11.3 Å². The van der Waals surface area contributed by atoms with Crippen LogP contribution in [-0.2, 0) is 6.54 Å². The maximum Gasteiger partial charge on any atom is 0.190 e. The van der Waals surface area contributed by atoms with E-state index in [1.54, 1.807) is 0 Å². The molecule has 0 aliphatic rings. The molecular weight excluding hydrogens is 260 g/mol. The lowest BCUT2D eigenvalue weighted by Gasteiger charge is -2.08. The molecule has 1 heterocycles. The van der Waals surface area contributed by atoms with E-state index < -0.39 is 0 Å². The van der Waals surface area contributed by atoms with E-state index in [2.05, 4.69) is 49.3 Å². The molecule has 110 valence electrons. The standard InChI is InChI=1S/C17H22N4/c1-4-5-6-7-10-21-17(16(12-18)19-20-21)15-9-8-13(2)14(3)11-15/h8-9,11H,4-7,10H2,1-3H3. The summed E-state index contributed by atoms with van der Waals surface area (Å²) in [5.41, 5.74) is 4.75. The van der Waals surface area contributed by atoms with Crippen LogP contribution in [0.15, 0.2) is 18.2 Å². The molecule has 0 saturated carbocycles. The van der Waals surface area contributed by atoms with Crippen LogP contribution in [0.3, 0.4) is 0 Å². The van der Waals surface area contributed by atoms with Crippen molar-refractivity contribution in [3.05, 3.63) is 35.0 Å². The minimum atomic E-state index is 0.411. The number of hydrogen-bond acceptors (Lipinski definition) is 3. The normalized spacial score (nSPS) is 10.6.